The molecule has 0 aromatic heterocycles. The molecule has 1 heterocycles. The average Bonchev–Trinajstić information content (AvgIpc) is 2.33. The van der Waals surface area contributed by atoms with E-state index in [9.17, 15) is 0 Å². The Labute approximate surface area is 109 Å². The second-order valence-electron chi connectivity index (χ2n) is 4.98. The standard InChI is InChI=1S/C15H23NO2/c1-4-17-15-9-11(2)5-6-14(15)16-13-7-8-18-12(3)10-13/h5-6,9,12-13,16H,4,7-8,10H2,1-3H3. The van der Waals surface area contributed by atoms with Crippen molar-refractivity contribution in [2.45, 2.75) is 45.8 Å². The molecule has 1 saturated heterocycles. The Hall–Kier alpha value is -1.22. The van der Waals surface area contributed by atoms with E-state index in [0.717, 1.165) is 30.9 Å². The maximum Gasteiger partial charge on any atom is 0.142 e. The Morgan fingerprint density at radius 2 is 2.28 bits per heavy atom. The van der Waals surface area contributed by atoms with Gasteiger partial charge in [0.2, 0.25) is 0 Å². The molecular formula is C15H23NO2. The highest BCUT2D eigenvalue weighted by Crippen LogP contribution is 2.28. The zero-order valence-corrected chi connectivity index (χ0v) is 11.5. The van der Waals surface area contributed by atoms with Gasteiger partial charge in [-0.2, -0.15) is 0 Å². The molecule has 0 amide bonds. The van der Waals surface area contributed by atoms with Crippen molar-refractivity contribution >= 4 is 5.69 Å². The Kier molecular flexibility index (Phi) is 4.48. The lowest BCUT2D eigenvalue weighted by molar-refractivity contribution is 0.0232. The zero-order chi connectivity index (χ0) is 13.0. The van der Waals surface area contributed by atoms with Crippen molar-refractivity contribution in [2.75, 3.05) is 18.5 Å². The van der Waals surface area contributed by atoms with Crippen LogP contribution in [0, 0.1) is 6.92 Å². The number of anilines is 1. The van der Waals surface area contributed by atoms with E-state index in [1.165, 1.54) is 5.56 Å². The number of nitrogens with one attached hydrogen (secondary N) is 1. The zero-order valence-electron chi connectivity index (χ0n) is 11.5. The molecule has 1 aliphatic rings. The minimum atomic E-state index is 0.345. The van der Waals surface area contributed by atoms with Gasteiger partial charge in [-0.25, -0.2) is 0 Å². The van der Waals surface area contributed by atoms with Crippen LogP contribution in [-0.2, 0) is 4.74 Å². The highest BCUT2D eigenvalue weighted by molar-refractivity contribution is 5.58. The lowest BCUT2D eigenvalue weighted by Gasteiger charge is -2.29. The number of hydrogen-bond acceptors (Lipinski definition) is 3. The molecule has 1 aliphatic heterocycles. The van der Waals surface area contributed by atoms with E-state index in [2.05, 4.69) is 37.4 Å². The lowest BCUT2D eigenvalue weighted by Crippen LogP contribution is -2.32. The highest BCUT2D eigenvalue weighted by Gasteiger charge is 2.20. The fourth-order valence-electron chi connectivity index (χ4n) is 2.37. The van der Waals surface area contributed by atoms with Crippen LogP contribution in [-0.4, -0.2) is 25.4 Å². The largest absolute Gasteiger partial charge is 0.492 e. The molecule has 1 aromatic carbocycles. The van der Waals surface area contributed by atoms with Crippen molar-refractivity contribution in [3.8, 4) is 5.75 Å². The van der Waals surface area contributed by atoms with E-state index in [-0.39, 0.29) is 0 Å². The molecule has 1 fully saturated rings. The summed E-state index contributed by atoms with van der Waals surface area (Å²) in [5.41, 5.74) is 2.32. The number of aryl methyl sites for hydroxylation is 1. The van der Waals surface area contributed by atoms with Crippen LogP contribution in [0.3, 0.4) is 0 Å². The maximum atomic E-state index is 5.69. The lowest BCUT2D eigenvalue weighted by atomic mass is 10.0. The van der Waals surface area contributed by atoms with Crippen LogP contribution < -0.4 is 10.1 Å². The molecule has 2 rings (SSSR count). The first kappa shape index (κ1) is 13.2. The molecule has 0 radical (unpaired) electrons. The van der Waals surface area contributed by atoms with E-state index >= 15 is 0 Å². The van der Waals surface area contributed by atoms with Gasteiger partial charge in [0.05, 0.1) is 18.4 Å². The molecule has 0 saturated carbocycles. The van der Waals surface area contributed by atoms with Crippen LogP contribution in [0.5, 0.6) is 5.75 Å². The predicted molar refractivity (Wildman–Crippen MR) is 74.4 cm³/mol. The van der Waals surface area contributed by atoms with Crippen molar-refractivity contribution in [3.63, 3.8) is 0 Å². The third kappa shape index (κ3) is 3.39. The highest BCUT2D eigenvalue weighted by atomic mass is 16.5. The summed E-state index contributed by atoms with van der Waals surface area (Å²) >= 11 is 0. The van der Waals surface area contributed by atoms with Gasteiger partial charge >= 0.3 is 0 Å². The summed E-state index contributed by atoms with van der Waals surface area (Å²) in [6.45, 7) is 7.77. The van der Waals surface area contributed by atoms with Gasteiger partial charge in [0.1, 0.15) is 5.75 Å². The normalized spacial score (nSPS) is 23.7. The molecule has 2 unspecified atom stereocenters. The fraction of sp³-hybridized carbons (Fsp3) is 0.600. The second-order valence-corrected chi connectivity index (χ2v) is 4.98. The molecule has 100 valence electrons. The van der Waals surface area contributed by atoms with Crippen LogP contribution >= 0.6 is 0 Å². The monoisotopic (exact) mass is 249 g/mol. The third-order valence-electron chi connectivity index (χ3n) is 3.28. The van der Waals surface area contributed by atoms with Gasteiger partial charge in [0, 0.05) is 12.6 Å². The summed E-state index contributed by atoms with van der Waals surface area (Å²) in [6, 6.07) is 6.80. The molecular weight excluding hydrogens is 226 g/mol. The number of ether oxygens (including phenoxy) is 2. The van der Waals surface area contributed by atoms with Crippen LogP contribution in [0.1, 0.15) is 32.3 Å². The molecule has 2 atom stereocenters. The van der Waals surface area contributed by atoms with Gasteiger partial charge < -0.3 is 14.8 Å². The van der Waals surface area contributed by atoms with Crippen LogP contribution in [0.4, 0.5) is 5.69 Å². The van der Waals surface area contributed by atoms with Crippen LogP contribution in [0.15, 0.2) is 18.2 Å². The van der Waals surface area contributed by atoms with Crippen molar-refractivity contribution in [1.82, 2.24) is 0 Å². The second kappa shape index (κ2) is 6.10. The van der Waals surface area contributed by atoms with E-state index in [0.29, 0.717) is 18.8 Å². The number of benzene rings is 1. The summed E-state index contributed by atoms with van der Waals surface area (Å²) in [5, 5.41) is 3.59. The Balaban J connectivity index is 2.07. The average molecular weight is 249 g/mol. The molecule has 0 aliphatic carbocycles. The summed E-state index contributed by atoms with van der Waals surface area (Å²) in [5.74, 6) is 0.955. The van der Waals surface area contributed by atoms with E-state index in [4.69, 9.17) is 9.47 Å². The summed E-state index contributed by atoms with van der Waals surface area (Å²) in [6.07, 6.45) is 2.46. The van der Waals surface area contributed by atoms with Crippen molar-refractivity contribution in [1.29, 1.82) is 0 Å². The molecule has 3 nitrogen and oxygen atoms in total. The van der Waals surface area contributed by atoms with E-state index in [1.807, 2.05) is 6.92 Å². The smallest absolute Gasteiger partial charge is 0.142 e. The Morgan fingerprint density at radius 3 is 3.00 bits per heavy atom. The van der Waals surface area contributed by atoms with Gasteiger partial charge in [-0.15, -0.1) is 0 Å². The maximum absolute atomic E-state index is 5.69. The van der Waals surface area contributed by atoms with Gasteiger partial charge in [-0.05, 0) is 51.3 Å². The summed E-state index contributed by atoms with van der Waals surface area (Å²) in [7, 11) is 0. The Morgan fingerprint density at radius 1 is 1.44 bits per heavy atom. The van der Waals surface area contributed by atoms with Crippen LogP contribution in [0.2, 0.25) is 0 Å². The first-order valence-electron chi connectivity index (χ1n) is 6.80. The minimum absolute atomic E-state index is 0.345. The van der Waals surface area contributed by atoms with E-state index < -0.39 is 0 Å². The fourth-order valence-corrected chi connectivity index (χ4v) is 2.37. The first-order chi connectivity index (χ1) is 8.69. The minimum Gasteiger partial charge on any atom is -0.492 e. The number of hydrogen-bond donors (Lipinski definition) is 1. The van der Waals surface area contributed by atoms with Crippen LogP contribution in [0.25, 0.3) is 0 Å². The summed E-state index contributed by atoms with van der Waals surface area (Å²) < 4.78 is 11.3. The van der Waals surface area contributed by atoms with Crippen molar-refractivity contribution in [2.24, 2.45) is 0 Å². The SMILES string of the molecule is CCOc1cc(C)ccc1NC1CCOC(C)C1. The van der Waals surface area contributed by atoms with Gasteiger partial charge in [-0.1, -0.05) is 6.07 Å². The third-order valence-corrected chi connectivity index (χ3v) is 3.28. The molecule has 0 bridgehead atoms. The molecule has 3 heteroatoms. The number of rotatable bonds is 4. The quantitative estimate of drug-likeness (QED) is 0.887. The molecule has 1 aromatic rings. The predicted octanol–water partition coefficient (Wildman–Crippen LogP) is 3.37. The molecule has 1 N–H and O–H groups in total. The van der Waals surface area contributed by atoms with Crippen molar-refractivity contribution in [3.05, 3.63) is 23.8 Å². The first-order valence-corrected chi connectivity index (χ1v) is 6.80. The molecule has 18 heavy (non-hydrogen) atoms. The topological polar surface area (TPSA) is 30.5 Å². The van der Waals surface area contributed by atoms with Gasteiger partial charge in [-0.3, -0.25) is 0 Å². The Bertz CT molecular complexity index is 392. The van der Waals surface area contributed by atoms with Crippen molar-refractivity contribution < 1.29 is 9.47 Å². The van der Waals surface area contributed by atoms with E-state index in [1.54, 1.807) is 0 Å². The summed E-state index contributed by atoms with van der Waals surface area (Å²) in [4.78, 5) is 0. The van der Waals surface area contributed by atoms with Gasteiger partial charge in [0.25, 0.3) is 0 Å². The molecule has 0 spiro atoms. The van der Waals surface area contributed by atoms with Gasteiger partial charge in [0.15, 0.2) is 0 Å².